The smallest absolute Gasteiger partial charge is 0.410 e. The zero-order valence-corrected chi connectivity index (χ0v) is 18.3. The molecule has 1 amide bonds. The van der Waals surface area contributed by atoms with Crippen molar-refractivity contribution in [3.05, 3.63) is 48.2 Å². The lowest BCUT2D eigenvalue weighted by atomic mass is 10.1. The zero-order valence-electron chi connectivity index (χ0n) is 18.3. The number of ether oxygens (including phenoxy) is 1. The first kappa shape index (κ1) is 21.6. The molecule has 32 heavy (non-hydrogen) atoms. The van der Waals surface area contributed by atoms with Crippen LogP contribution in [0.1, 0.15) is 45.2 Å². The van der Waals surface area contributed by atoms with Gasteiger partial charge in [0.05, 0.1) is 22.7 Å². The molecule has 0 bridgehead atoms. The lowest BCUT2D eigenvalue weighted by molar-refractivity contribution is 0.0189. The molecule has 1 aliphatic heterocycles. The molecule has 0 aliphatic carbocycles. The van der Waals surface area contributed by atoms with Crippen LogP contribution in [-0.2, 0) is 4.74 Å². The number of aromatic nitrogens is 3. The molecule has 9 heteroatoms. The summed E-state index contributed by atoms with van der Waals surface area (Å²) in [5.74, 6) is -0.0340. The molecule has 2 aromatic heterocycles. The van der Waals surface area contributed by atoms with Crippen molar-refractivity contribution in [3.63, 3.8) is 0 Å². The first-order chi connectivity index (χ1) is 15.2. The van der Waals surface area contributed by atoms with Gasteiger partial charge in [0.2, 0.25) is 0 Å². The monoisotopic (exact) mass is 436 g/mol. The molecule has 1 aliphatic rings. The van der Waals surface area contributed by atoms with Crippen LogP contribution in [0.25, 0.3) is 11.0 Å². The Morgan fingerprint density at radius 2 is 2.00 bits per heavy atom. The quantitative estimate of drug-likeness (QED) is 0.636. The molecule has 8 nitrogen and oxygen atoms in total. The highest BCUT2D eigenvalue weighted by Gasteiger charge is 2.28. The van der Waals surface area contributed by atoms with E-state index in [4.69, 9.17) is 10.00 Å². The molecular formula is C23H25FN6O2. The Morgan fingerprint density at radius 3 is 2.66 bits per heavy atom. The van der Waals surface area contributed by atoms with Gasteiger partial charge in [-0.15, -0.1) is 0 Å². The lowest BCUT2D eigenvalue weighted by Crippen LogP contribution is -2.42. The minimum Gasteiger partial charge on any atom is -0.444 e. The summed E-state index contributed by atoms with van der Waals surface area (Å²) < 4.78 is 21.9. The molecule has 1 saturated heterocycles. The van der Waals surface area contributed by atoms with E-state index in [-0.39, 0.29) is 23.4 Å². The van der Waals surface area contributed by atoms with Gasteiger partial charge >= 0.3 is 6.09 Å². The minimum absolute atomic E-state index is 0.181. The Bertz CT molecular complexity index is 1190. The van der Waals surface area contributed by atoms with Crippen molar-refractivity contribution in [2.24, 2.45) is 0 Å². The van der Waals surface area contributed by atoms with Crippen molar-refractivity contribution in [1.29, 1.82) is 5.26 Å². The van der Waals surface area contributed by atoms with Crippen molar-refractivity contribution in [3.8, 4) is 6.07 Å². The number of nitrogens with one attached hydrogen (secondary N) is 1. The highest BCUT2D eigenvalue weighted by molar-refractivity contribution is 5.89. The minimum atomic E-state index is -0.523. The molecule has 166 valence electrons. The number of piperidine rings is 1. The number of amides is 1. The normalized spacial score (nSPS) is 14.9. The van der Waals surface area contributed by atoms with E-state index in [0.29, 0.717) is 18.9 Å². The number of nitrogens with zero attached hydrogens (tertiary/aromatic N) is 5. The van der Waals surface area contributed by atoms with Crippen molar-refractivity contribution >= 4 is 28.6 Å². The summed E-state index contributed by atoms with van der Waals surface area (Å²) in [6.45, 7) is 6.79. The summed E-state index contributed by atoms with van der Waals surface area (Å²) in [4.78, 5) is 22.8. The highest BCUT2D eigenvalue weighted by atomic mass is 19.1. The van der Waals surface area contributed by atoms with Crippen LogP contribution < -0.4 is 5.32 Å². The maximum Gasteiger partial charge on any atom is 0.410 e. The number of anilines is 2. The van der Waals surface area contributed by atoms with Crippen molar-refractivity contribution < 1.29 is 13.9 Å². The molecule has 0 saturated carbocycles. The molecule has 3 heterocycles. The van der Waals surface area contributed by atoms with Crippen LogP contribution >= 0.6 is 0 Å². The van der Waals surface area contributed by atoms with E-state index < -0.39 is 11.4 Å². The number of carbonyl (C=O) groups excluding carboxylic acids is 1. The number of rotatable bonds is 3. The molecule has 1 aromatic carbocycles. The Morgan fingerprint density at radius 1 is 1.25 bits per heavy atom. The Balaban J connectivity index is 1.51. The number of likely N-dealkylation sites (tertiary alicyclic amines) is 1. The Hall–Kier alpha value is -3.67. The fraction of sp³-hybridized carbons (Fsp3) is 0.391. The first-order valence-corrected chi connectivity index (χ1v) is 10.5. The van der Waals surface area contributed by atoms with Gasteiger partial charge in [0, 0.05) is 25.3 Å². The predicted molar refractivity (Wildman–Crippen MR) is 118 cm³/mol. The molecule has 0 unspecified atom stereocenters. The fourth-order valence-electron chi connectivity index (χ4n) is 3.83. The van der Waals surface area contributed by atoms with Crippen LogP contribution in [0, 0.1) is 17.1 Å². The second kappa shape index (κ2) is 8.46. The van der Waals surface area contributed by atoms with E-state index >= 15 is 0 Å². The van der Waals surface area contributed by atoms with Gasteiger partial charge in [-0.1, -0.05) is 0 Å². The average Bonchev–Trinajstić information content (AvgIpc) is 3.19. The summed E-state index contributed by atoms with van der Waals surface area (Å²) in [7, 11) is 0. The number of nitriles is 1. The van der Waals surface area contributed by atoms with E-state index in [1.54, 1.807) is 11.0 Å². The van der Waals surface area contributed by atoms with Gasteiger partial charge in [0.15, 0.2) is 0 Å². The van der Waals surface area contributed by atoms with Crippen LogP contribution in [0.15, 0.2) is 36.8 Å². The number of benzene rings is 1. The third-order valence-corrected chi connectivity index (χ3v) is 5.37. The van der Waals surface area contributed by atoms with Crippen molar-refractivity contribution in [2.75, 3.05) is 18.4 Å². The van der Waals surface area contributed by atoms with Crippen LogP contribution in [0.5, 0.6) is 0 Å². The van der Waals surface area contributed by atoms with Gasteiger partial charge in [0.1, 0.15) is 29.2 Å². The SMILES string of the molecule is CC(C)(C)OC(=O)N1CCC(n2ccc3c(Nc4ccc(C#N)cc4F)ncnc32)CC1. The molecule has 0 spiro atoms. The number of halogens is 1. The highest BCUT2D eigenvalue weighted by Crippen LogP contribution is 2.31. The second-order valence-electron chi connectivity index (χ2n) is 8.81. The van der Waals surface area contributed by atoms with Gasteiger partial charge in [-0.05, 0) is 57.9 Å². The summed E-state index contributed by atoms with van der Waals surface area (Å²) in [6, 6.07) is 8.26. The summed E-state index contributed by atoms with van der Waals surface area (Å²) in [5, 5.41) is 12.7. The van der Waals surface area contributed by atoms with Gasteiger partial charge in [0.25, 0.3) is 0 Å². The van der Waals surface area contributed by atoms with E-state index in [0.717, 1.165) is 23.9 Å². The molecule has 4 rings (SSSR count). The average molecular weight is 436 g/mol. The van der Waals surface area contributed by atoms with Gasteiger partial charge in [-0.3, -0.25) is 0 Å². The van der Waals surface area contributed by atoms with E-state index in [2.05, 4.69) is 19.9 Å². The van der Waals surface area contributed by atoms with Gasteiger partial charge in [-0.25, -0.2) is 19.2 Å². The van der Waals surface area contributed by atoms with E-state index in [9.17, 15) is 9.18 Å². The maximum atomic E-state index is 14.3. The Labute approximate surface area is 185 Å². The fourth-order valence-corrected chi connectivity index (χ4v) is 3.83. The molecule has 1 N–H and O–H groups in total. The standard InChI is InChI=1S/C23H25FN6O2/c1-23(2,3)32-22(31)29-9-6-16(7-10-29)30-11-8-17-20(26-14-27-21(17)30)28-19-5-4-15(13-25)12-18(19)24/h4-5,8,11-12,14,16H,6-7,9-10H2,1-3H3,(H,26,27,28). The third-order valence-electron chi connectivity index (χ3n) is 5.37. The summed E-state index contributed by atoms with van der Waals surface area (Å²) in [6.07, 6.45) is 4.66. The number of hydrogen-bond acceptors (Lipinski definition) is 6. The number of carbonyl (C=O) groups is 1. The van der Waals surface area contributed by atoms with Gasteiger partial charge in [-0.2, -0.15) is 5.26 Å². The van der Waals surface area contributed by atoms with Crippen LogP contribution in [-0.4, -0.2) is 44.2 Å². The van der Waals surface area contributed by atoms with Crippen LogP contribution in [0.3, 0.4) is 0 Å². The Kier molecular flexibility index (Phi) is 5.70. The summed E-state index contributed by atoms with van der Waals surface area (Å²) >= 11 is 0. The molecule has 3 aromatic rings. The second-order valence-corrected chi connectivity index (χ2v) is 8.81. The van der Waals surface area contributed by atoms with Crippen molar-refractivity contribution in [2.45, 2.75) is 45.3 Å². The topological polar surface area (TPSA) is 96.1 Å². The molecular weight excluding hydrogens is 411 g/mol. The maximum absolute atomic E-state index is 14.3. The van der Waals surface area contributed by atoms with Crippen molar-refractivity contribution in [1.82, 2.24) is 19.4 Å². The van der Waals surface area contributed by atoms with Crippen LogP contribution in [0.2, 0.25) is 0 Å². The lowest BCUT2D eigenvalue weighted by Gasteiger charge is -2.34. The number of fused-ring (bicyclic) bond motifs is 1. The molecule has 0 atom stereocenters. The number of hydrogen-bond donors (Lipinski definition) is 1. The van der Waals surface area contributed by atoms with Crippen LogP contribution in [0.4, 0.5) is 20.7 Å². The molecule has 0 radical (unpaired) electrons. The van der Waals surface area contributed by atoms with E-state index in [1.165, 1.54) is 18.5 Å². The largest absolute Gasteiger partial charge is 0.444 e. The van der Waals surface area contributed by atoms with E-state index in [1.807, 2.05) is 39.1 Å². The first-order valence-electron chi connectivity index (χ1n) is 10.5. The van der Waals surface area contributed by atoms with Gasteiger partial charge < -0.3 is 19.5 Å². The summed E-state index contributed by atoms with van der Waals surface area (Å²) in [5.41, 5.74) is 0.721. The molecule has 1 fully saturated rings. The third kappa shape index (κ3) is 4.49. The predicted octanol–water partition coefficient (Wildman–Crippen LogP) is 4.76. The zero-order chi connectivity index (χ0) is 22.9.